The summed E-state index contributed by atoms with van der Waals surface area (Å²) in [6.07, 6.45) is 0. The Morgan fingerprint density at radius 3 is 2.65 bits per heavy atom. The van der Waals surface area contributed by atoms with Gasteiger partial charge in [-0.15, -0.1) is 11.3 Å². The predicted molar refractivity (Wildman–Crippen MR) is 91.7 cm³/mol. The van der Waals surface area contributed by atoms with Crippen LogP contribution in [0.2, 0.25) is 5.02 Å². The Morgan fingerprint density at radius 1 is 1.22 bits per heavy atom. The number of aromatic nitrogens is 1. The number of aryl methyl sites for hydroxylation is 1. The quantitative estimate of drug-likeness (QED) is 0.711. The van der Waals surface area contributed by atoms with Gasteiger partial charge in [0.05, 0.1) is 16.3 Å². The number of amides is 1. The summed E-state index contributed by atoms with van der Waals surface area (Å²) in [7, 11) is 0. The van der Waals surface area contributed by atoms with Gasteiger partial charge in [0.15, 0.2) is 5.13 Å². The molecule has 1 aromatic heterocycles. The fourth-order valence-electron chi connectivity index (χ4n) is 2.03. The van der Waals surface area contributed by atoms with E-state index in [9.17, 15) is 9.18 Å². The van der Waals surface area contributed by atoms with Crippen molar-refractivity contribution < 1.29 is 9.18 Å². The van der Waals surface area contributed by atoms with Crippen molar-refractivity contribution in [2.75, 3.05) is 5.32 Å². The van der Waals surface area contributed by atoms with Crippen LogP contribution in [-0.2, 0) is 0 Å². The molecule has 1 amide bonds. The van der Waals surface area contributed by atoms with E-state index in [1.54, 1.807) is 0 Å². The van der Waals surface area contributed by atoms with Crippen molar-refractivity contribution in [2.24, 2.45) is 0 Å². The van der Waals surface area contributed by atoms with Crippen molar-refractivity contribution in [1.82, 2.24) is 4.98 Å². The second-order valence-corrected chi connectivity index (χ2v) is 6.25. The number of hydrogen-bond acceptors (Lipinski definition) is 3. The van der Waals surface area contributed by atoms with Gasteiger partial charge in [0.2, 0.25) is 0 Å². The molecule has 0 fully saturated rings. The van der Waals surface area contributed by atoms with Crippen molar-refractivity contribution in [3.8, 4) is 11.3 Å². The molecule has 0 aliphatic carbocycles. The fraction of sp³-hybridized carbons (Fsp3) is 0.0588. The number of thiazole rings is 1. The van der Waals surface area contributed by atoms with Gasteiger partial charge in [0.25, 0.3) is 5.91 Å². The van der Waals surface area contributed by atoms with Crippen molar-refractivity contribution >= 4 is 34.0 Å². The molecular weight excluding hydrogens is 335 g/mol. The summed E-state index contributed by atoms with van der Waals surface area (Å²) in [5.41, 5.74) is 3.14. The number of rotatable bonds is 3. The maximum Gasteiger partial charge on any atom is 0.258 e. The first-order chi connectivity index (χ1) is 11.0. The third-order valence-corrected chi connectivity index (χ3v) is 4.32. The Labute approximate surface area is 141 Å². The smallest absolute Gasteiger partial charge is 0.258 e. The monoisotopic (exact) mass is 346 g/mol. The average molecular weight is 347 g/mol. The SMILES string of the molecule is Cc1ccc(-c2csc(NC(=O)c3ccc(F)cc3Cl)n2)cc1. The van der Waals surface area contributed by atoms with E-state index in [-0.39, 0.29) is 10.6 Å². The molecule has 6 heteroatoms. The van der Waals surface area contributed by atoms with E-state index in [0.29, 0.717) is 5.13 Å². The van der Waals surface area contributed by atoms with Crippen LogP contribution in [0.1, 0.15) is 15.9 Å². The third-order valence-electron chi connectivity index (χ3n) is 3.25. The zero-order valence-corrected chi connectivity index (χ0v) is 13.7. The molecule has 116 valence electrons. The lowest BCUT2D eigenvalue weighted by atomic mass is 10.1. The van der Waals surface area contributed by atoms with E-state index in [1.807, 2.05) is 36.6 Å². The van der Waals surface area contributed by atoms with Crippen LogP contribution in [0.4, 0.5) is 9.52 Å². The molecule has 0 aliphatic rings. The van der Waals surface area contributed by atoms with Gasteiger partial charge >= 0.3 is 0 Å². The van der Waals surface area contributed by atoms with Gasteiger partial charge in [0.1, 0.15) is 5.82 Å². The standard InChI is InChI=1S/C17H12ClFN2OS/c1-10-2-4-11(5-3-10)15-9-23-17(20-15)21-16(22)13-7-6-12(19)8-14(13)18/h2-9H,1H3,(H,20,21,22). The van der Waals surface area contributed by atoms with Crippen molar-refractivity contribution in [1.29, 1.82) is 0 Å². The Bertz CT molecular complexity index is 861. The highest BCUT2D eigenvalue weighted by atomic mass is 35.5. The normalized spacial score (nSPS) is 10.6. The Morgan fingerprint density at radius 2 is 1.96 bits per heavy atom. The lowest BCUT2D eigenvalue weighted by Crippen LogP contribution is -2.12. The maximum absolute atomic E-state index is 13.0. The van der Waals surface area contributed by atoms with Crippen LogP contribution in [-0.4, -0.2) is 10.9 Å². The lowest BCUT2D eigenvalue weighted by Gasteiger charge is -2.04. The highest BCUT2D eigenvalue weighted by Gasteiger charge is 2.13. The molecule has 1 heterocycles. The molecule has 2 aromatic carbocycles. The number of anilines is 1. The van der Waals surface area contributed by atoms with Crippen LogP contribution in [0.15, 0.2) is 47.8 Å². The first-order valence-corrected chi connectivity index (χ1v) is 8.07. The molecule has 0 bridgehead atoms. The highest BCUT2D eigenvalue weighted by molar-refractivity contribution is 7.14. The summed E-state index contributed by atoms with van der Waals surface area (Å²) < 4.78 is 13.0. The molecule has 1 N–H and O–H groups in total. The number of halogens is 2. The van der Waals surface area contributed by atoms with Crippen molar-refractivity contribution in [3.63, 3.8) is 0 Å². The van der Waals surface area contributed by atoms with Crippen LogP contribution in [0, 0.1) is 12.7 Å². The van der Waals surface area contributed by atoms with Gasteiger partial charge < -0.3 is 0 Å². The maximum atomic E-state index is 13.0. The van der Waals surface area contributed by atoms with Crippen LogP contribution in [0.3, 0.4) is 0 Å². The number of nitrogens with one attached hydrogen (secondary N) is 1. The van der Waals surface area contributed by atoms with E-state index in [1.165, 1.54) is 29.0 Å². The predicted octanol–water partition coefficient (Wildman–Crippen LogP) is 5.16. The van der Waals surface area contributed by atoms with Crippen molar-refractivity contribution in [2.45, 2.75) is 6.92 Å². The number of nitrogens with zero attached hydrogens (tertiary/aromatic N) is 1. The van der Waals surface area contributed by atoms with E-state index in [2.05, 4.69) is 10.3 Å². The van der Waals surface area contributed by atoms with E-state index >= 15 is 0 Å². The molecule has 23 heavy (non-hydrogen) atoms. The summed E-state index contributed by atoms with van der Waals surface area (Å²) >= 11 is 7.21. The minimum absolute atomic E-state index is 0.0674. The summed E-state index contributed by atoms with van der Waals surface area (Å²) in [5.74, 6) is -0.901. The third kappa shape index (κ3) is 3.57. The minimum atomic E-state index is -0.484. The molecule has 0 saturated heterocycles. The van der Waals surface area contributed by atoms with Crippen LogP contribution >= 0.6 is 22.9 Å². The molecule has 0 aliphatic heterocycles. The number of carbonyl (C=O) groups is 1. The van der Waals surface area contributed by atoms with Crippen LogP contribution in [0.5, 0.6) is 0 Å². The Balaban J connectivity index is 1.78. The molecule has 3 rings (SSSR count). The zero-order valence-electron chi connectivity index (χ0n) is 12.1. The summed E-state index contributed by atoms with van der Waals surface area (Å²) in [6.45, 7) is 2.02. The first kappa shape index (κ1) is 15.6. The highest BCUT2D eigenvalue weighted by Crippen LogP contribution is 2.26. The number of hydrogen-bond donors (Lipinski definition) is 1. The van der Waals surface area contributed by atoms with E-state index in [0.717, 1.165) is 17.3 Å². The molecule has 0 spiro atoms. The molecule has 0 saturated carbocycles. The largest absolute Gasteiger partial charge is 0.298 e. The van der Waals surface area contributed by atoms with Gasteiger partial charge in [-0.25, -0.2) is 9.37 Å². The molecule has 0 radical (unpaired) electrons. The van der Waals surface area contributed by atoms with Gasteiger partial charge in [-0.2, -0.15) is 0 Å². The van der Waals surface area contributed by atoms with Gasteiger partial charge in [-0.3, -0.25) is 10.1 Å². The van der Waals surface area contributed by atoms with Crippen molar-refractivity contribution in [3.05, 3.63) is 69.8 Å². The van der Waals surface area contributed by atoms with Gasteiger partial charge in [-0.05, 0) is 25.1 Å². The number of carbonyl (C=O) groups excluding carboxylic acids is 1. The summed E-state index contributed by atoms with van der Waals surface area (Å²) in [5, 5.41) is 5.08. The second-order valence-electron chi connectivity index (χ2n) is 4.98. The summed E-state index contributed by atoms with van der Waals surface area (Å²) in [6, 6.07) is 11.6. The van der Waals surface area contributed by atoms with E-state index in [4.69, 9.17) is 11.6 Å². The van der Waals surface area contributed by atoms with Gasteiger partial charge in [-0.1, -0.05) is 41.4 Å². The zero-order chi connectivity index (χ0) is 16.4. The van der Waals surface area contributed by atoms with Gasteiger partial charge in [0, 0.05) is 10.9 Å². The second kappa shape index (κ2) is 6.48. The average Bonchev–Trinajstić information content (AvgIpc) is 2.96. The Kier molecular flexibility index (Phi) is 4.41. The summed E-state index contributed by atoms with van der Waals surface area (Å²) in [4.78, 5) is 16.6. The van der Waals surface area contributed by atoms with E-state index < -0.39 is 11.7 Å². The van der Waals surface area contributed by atoms with Crippen LogP contribution in [0.25, 0.3) is 11.3 Å². The molecule has 3 aromatic rings. The minimum Gasteiger partial charge on any atom is -0.298 e. The molecule has 0 atom stereocenters. The molecule has 3 nitrogen and oxygen atoms in total. The fourth-order valence-corrected chi connectivity index (χ4v) is 2.99. The topological polar surface area (TPSA) is 42.0 Å². The lowest BCUT2D eigenvalue weighted by molar-refractivity contribution is 0.102. The van der Waals surface area contributed by atoms with Crippen LogP contribution < -0.4 is 5.32 Å². The Hall–Kier alpha value is -2.24. The first-order valence-electron chi connectivity index (χ1n) is 6.82. The molecule has 0 unspecified atom stereocenters. The molecular formula is C17H12ClFN2OS. The number of benzene rings is 2.